The summed E-state index contributed by atoms with van der Waals surface area (Å²) in [4.78, 5) is 9.61. The second-order valence-corrected chi connectivity index (χ2v) is 8.99. The fourth-order valence-corrected chi connectivity index (χ4v) is 4.97. The number of hydrogen-bond acceptors (Lipinski definition) is 5. The van der Waals surface area contributed by atoms with Gasteiger partial charge in [-0.2, -0.15) is 0 Å². The molecule has 0 aromatic heterocycles. The molecule has 0 heterocycles. The van der Waals surface area contributed by atoms with Crippen LogP contribution in [-0.2, 0) is 14.4 Å². The molecular formula is C18H15O6PS. The summed E-state index contributed by atoms with van der Waals surface area (Å²) < 4.78 is 43.5. The molecule has 0 aliphatic heterocycles. The van der Waals surface area contributed by atoms with E-state index in [-0.39, 0.29) is 20.8 Å². The molecule has 134 valence electrons. The number of benzene rings is 3. The minimum atomic E-state index is -4.29. The topological polar surface area (TPSA) is 101 Å². The lowest BCUT2D eigenvalue weighted by Crippen LogP contribution is -2.11. The van der Waals surface area contributed by atoms with Crippen molar-refractivity contribution in [2.24, 2.45) is 0 Å². The molecule has 3 rings (SSSR count). The number of aromatic hydroxyl groups is 1. The van der Waals surface area contributed by atoms with E-state index >= 15 is 0 Å². The van der Waals surface area contributed by atoms with Gasteiger partial charge in [-0.3, -0.25) is 0 Å². The van der Waals surface area contributed by atoms with E-state index in [0.29, 0.717) is 0 Å². The highest BCUT2D eigenvalue weighted by atomic mass is 32.2. The zero-order valence-electron chi connectivity index (χ0n) is 13.4. The molecule has 0 fully saturated rings. The maximum Gasteiger partial charge on any atom is 0.408 e. The van der Waals surface area contributed by atoms with Gasteiger partial charge >= 0.3 is 7.60 Å². The monoisotopic (exact) mass is 390 g/mol. The van der Waals surface area contributed by atoms with Gasteiger partial charge in [0.05, 0.1) is 5.30 Å². The SMILES string of the molecule is O=P(O)(Oc1ccccc1S(=O)(=O)c1ccccc1O)c1ccccc1. The molecule has 1 unspecified atom stereocenters. The minimum absolute atomic E-state index is 0.0368. The van der Waals surface area contributed by atoms with Crippen molar-refractivity contribution in [3.05, 3.63) is 78.9 Å². The Labute approximate surface area is 150 Å². The van der Waals surface area contributed by atoms with Gasteiger partial charge < -0.3 is 14.5 Å². The van der Waals surface area contributed by atoms with E-state index in [4.69, 9.17) is 4.52 Å². The summed E-state index contributed by atoms with van der Waals surface area (Å²) in [6.45, 7) is 0. The lowest BCUT2D eigenvalue weighted by Gasteiger charge is -2.16. The number of phenolic OH excluding ortho intramolecular Hbond substituents is 1. The standard InChI is InChI=1S/C18H15O6PS/c19-15-10-4-6-12-17(15)26(22,23)18-13-7-5-11-16(18)24-25(20,21)14-8-2-1-3-9-14/h1-13,19H,(H,20,21). The molecule has 26 heavy (non-hydrogen) atoms. The van der Waals surface area contributed by atoms with Crippen LogP contribution in [0.1, 0.15) is 0 Å². The summed E-state index contributed by atoms with van der Waals surface area (Å²) in [6, 6.07) is 18.6. The number of para-hydroxylation sites is 2. The summed E-state index contributed by atoms with van der Waals surface area (Å²) >= 11 is 0. The lowest BCUT2D eigenvalue weighted by molar-refractivity contribution is 0.389. The van der Waals surface area contributed by atoms with Gasteiger partial charge in [0.25, 0.3) is 0 Å². The van der Waals surface area contributed by atoms with Crippen LogP contribution in [-0.4, -0.2) is 18.4 Å². The predicted octanol–water partition coefficient (Wildman–Crippen LogP) is 3.11. The molecule has 0 radical (unpaired) electrons. The van der Waals surface area contributed by atoms with Crippen molar-refractivity contribution in [2.45, 2.75) is 9.79 Å². The molecule has 0 saturated carbocycles. The van der Waals surface area contributed by atoms with Gasteiger partial charge in [-0.15, -0.1) is 0 Å². The average molecular weight is 390 g/mol. The smallest absolute Gasteiger partial charge is 0.408 e. The number of phenols is 1. The fourth-order valence-electron chi connectivity index (χ4n) is 2.35. The van der Waals surface area contributed by atoms with Crippen molar-refractivity contribution < 1.29 is 27.5 Å². The van der Waals surface area contributed by atoms with E-state index < -0.39 is 23.2 Å². The molecule has 0 aliphatic carbocycles. The molecule has 0 spiro atoms. The van der Waals surface area contributed by atoms with Gasteiger partial charge in [-0.25, -0.2) is 13.0 Å². The van der Waals surface area contributed by atoms with Gasteiger partial charge in [-0.05, 0) is 36.4 Å². The van der Waals surface area contributed by atoms with Crippen molar-refractivity contribution in [3.8, 4) is 11.5 Å². The van der Waals surface area contributed by atoms with Crippen LogP contribution in [0, 0.1) is 0 Å². The normalized spacial score (nSPS) is 13.7. The van der Waals surface area contributed by atoms with Crippen molar-refractivity contribution in [2.75, 3.05) is 0 Å². The molecule has 0 saturated heterocycles. The zero-order valence-corrected chi connectivity index (χ0v) is 15.1. The highest BCUT2D eigenvalue weighted by Gasteiger charge is 2.30. The van der Waals surface area contributed by atoms with Crippen molar-refractivity contribution >= 4 is 22.7 Å². The second-order valence-electron chi connectivity index (χ2n) is 5.37. The summed E-state index contributed by atoms with van der Waals surface area (Å²) in [5, 5.41) is 9.92. The van der Waals surface area contributed by atoms with E-state index in [2.05, 4.69) is 0 Å². The largest absolute Gasteiger partial charge is 0.507 e. The Morgan fingerprint density at radius 3 is 1.96 bits per heavy atom. The van der Waals surface area contributed by atoms with Crippen LogP contribution in [0.25, 0.3) is 0 Å². The number of rotatable bonds is 5. The second kappa shape index (κ2) is 6.96. The van der Waals surface area contributed by atoms with Crippen LogP contribution in [0.4, 0.5) is 0 Å². The van der Waals surface area contributed by atoms with Crippen LogP contribution >= 0.6 is 7.60 Å². The summed E-state index contributed by atoms with van der Waals surface area (Å²) in [5.74, 6) is -0.692. The number of hydrogen-bond donors (Lipinski definition) is 2. The van der Waals surface area contributed by atoms with Gasteiger partial charge in [0.15, 0.2) is 0 Å². The molecule has 3 aromatic carbocycles. The van der Waals surface area contributed by atoms with Crippen LogP contribution in [0.15, 0.2) is 88.7 Å². The Hall–Kier alpha value is -2.60. The van der Waals surface area contributed by atoms with Crippen molar-refractivity contribution in [3.63, 3.8) is 0 Å². The van der Waals surface area contributed by atoms with Crippen molar-refractivity contribution in [1.29, 1.82) is 0 Å². The van der Waals surface area contributed by atoms with Gasteiger partial charge in [0, 0.05) is 0 Å². The van der Waals surface area contributed by atoms with E-state index in [0.717, 1.165) is 0 Å². The molecule has 0 aliphatic rings. The lowest BCUT2D eigenvalue weighted by atomic mass is 10.3. The Morgan fingerprint density at radius 1 is 0.769 bits per heavy atom. The van der Waals surface area contributed by atoms with Gasteiger partial charge in [-0.1, -0.05) is 42.5 Å². The summed E-state index contributed by atoms with van der Waals surface area (Å²) in [5.41, 5.74) is 0. The minimum Gasteiger partial charge on any atom is -0.507 e. The zero-order chi connectivity index (χ0) is 18.8. The first-order valence-corrected chi connectivity index (χ1v) is 10.6. The summed E-state index contributed by atoms with van der Waals surface area (Å²) in [7, 11) is -8.46. The highest BCUT2D eigenvalue weighted by Crippen LogP contribution is 2.44. The molecule has 1 atom stereocenters. The Balaban J connectivity index is 2.08. The molecule has 8 heteroatoms. The van der Waals surface area contributed by atoms with Crippen LogP contribution in [0.5, 0.6) is 11.5 Å². The van der Waals surface area contributed by atoms with Crippen molar-refractivity contribution in [1.82, 2.24) is 0 Å². The first kappa shape index (κ1) is 18.2. The van der Waals surface area contributed by atoms with E-state index in [1.165, 1.54) is 60.7 Å². The first-order valence-electron chi connectivity index (χ1n) is 7.52. The molecule has 0 amide bonds. The van der Waals surface area contributed by atoms with E-state index in [1.807, 2.05) is 0 Å². The molecule has 0 bridgehead atoms. The third-order valence-electron chi connectivity index (χ3n) is 3.60. The maximum absolute atomic E-state index is 12.9. The Bertz CT molecular complexity index is 1080. The average Bonchev–Trinajstić information content (AvgIpc) is 2.63. The van der Waals surface area contributed by atoms with Crippen LogP contribution < -0.4 is 9.83 Å². The Morgan fingerprint density at radius 2 is 1.31 bits per heavy atom. The molecule has 6 nitrogen and oxygen atoms in total. The maximum atomic E-state index is 12.9. The van der Waals surface area contributed by atoms with Gasteiger partial charge in [0.2, 0.25) is 9.84 Å². The third-order valence-corrected chi connectivity index (χ3v) is 6.83. The summed E-state index contributed by atoms with van der Waals surface area (Å²) in [6.07, 6.45) is 0. The van der Waals surface area contributed by atoms with E-state index in [1.54, 1.807) is 18.2 Å². The fraction of sp³-hybridized carbons (Fsp3) is 0. The molecule has 3 aromatic rings. The Kier molecular flexibility index (Phi) is 4.87. The number of sulfone groups is 1. The van der Waals surface area contributed by atoms with Gasteiger partial charge in [0.1, 0.15) is 21.3 Å². The van der Waals surface area contributed by atoms with Crippen LogP contribution in [0.2, 0.25) is 0 Å². The third kappa shape index (κ3) is 3.51. The highest BCUT2D eigenvalue weighted by molar-refractivity contribution is 7.91. The quantitative estimate of drug-likeness (QED) is 0.649. The molecular weight excluding hydrogens is 375 g/mol. The predicted molar refractivity (Wildman–Crippen MR) is 96.5 cm³/mol. The molecule has 2 N–H and O–H groups in total. The van der Waals surface area contributed by atoms with E-state index in [9.17, 15) is 23.0 Å². The van der Waals surface area contributed by atoms with Crippen LogP contribution in [0.3, 0.4) is 0 Å². The first-order chi connectivity index (χ1) is 12.3.